The van der Waals surface area contributed by atoms with Crippen molar-refractivity contribution in [2.24, 2.45) is 0 Å². The predicted molar refractivity (Wildman–Crippen MR) is 240 cm³/mol. The zero-order valence-corrected chi connectivity index (χ0v) is 36.6. The Kier molecular flexibility index (Phi) is 12.9. The molecule has 0 fully saturated rings. The number of fused-ring (bicyclic) bond motifs is 4. The van der Waals surface area contributed by atoms with Gasteiger partial charge in [-0.2, -0.15) is 0 Å². The van der Waals surface area contributed by atoms with Crippen molar-refractivity contribution < 1.29 is 0 Å². The molecule has 0 aliphatic carbocycles. The van der Waals surface area contributed by atoms with Gasteiger partial charge in [-0.1, -0.05) is 182 Å². The third kappa shape index (κ3) is 6.92. The molecule has 0 bridgehead atoms. The van der Waals surface area contributed by atoms with Crippen LogP contribution in [0, 0.1) is 22.9 Å². The van der Waals surface area contributed by atoms with Gasteiger partial charge in [-0.3, -0.25) is 0 Å². The van der Waals surface area contributed by atoms with Gasteiger partial charge in [-0.25, -0.2) is 0 Å². The van der Waals surface area contributed by atoms with Crippen LogP contribution in [0.4, 0.5) is 0 Å². The first kappa shape index (κ1) is 39.9. The average molecular weight is 723 g/mol. The fraction of sp³-hybridized carbons (Fsp3) is 0.480. The van der Waals surface area contributed by atoms with E-state index < -0.39 is 16.1 Å². The standard InChI is InChI=1S/C50H66Si2/c1-13-35(7)51(36(8)14-2,37(9)15-3)29-27-45-47-31-41-23-19-21-25-43(41)33-49(47)46(50-34-44-26-22-20-24-42(44)32-48(45)50)28-30-52(38(10)16-4,39(11)17-5)40(12)18-6/h19-26,31-40H,13-18H2,1-12H3/t35-,36-,37+,38-,39+,40+. The second kappa shape index (κ2) is 16.8. The van der Waals surface area contributed by atoms with Crippen molar-refractivity contribution in [1.29, 1.82) is 0 Å². The molecule has 0 nitrogen and oxygen atoms in total. The van der Waals surface area contributed by atoms with E-state index in [1.165, 1.54) is 92.7 Å². The summed E-state index contributed by atoms with van der Waals surface area (Å²) in [5, 5.41) is 10.1. The highest BCUT2D eigenvalue weighted by atomic mass is 28.3. The highest BCUT2D eigenvalue weighted by molar-refractivity contribution is 6.91. The molecule has 0 N–H and O–H groups in total. The van der Waals surface area contributed by atoms with Crippen LogP contribution in [-0.2, 0) is 0 Å². The first-order valence-corrected chi connectivity index (χ1v) is 25.3. The third-order valence-electron chi connectivity index (χ3n) is 14.2. The molecule has 0 saturated heterocycles. The van der Waals surface area contributed by atoms with Crippen molar-refractivity contribution in [3.05, 3.63) is 83.9 Å². The van der Waals surface area contributed by atoms with E-state index in [1.54, 1.807) is 0 Å². The van der Waals surface area contributed by atoms with E-state index >= 15 is 0 Å². The molecule has 0 amide bonds. The molecule has 0 unspecified atom stereocenters. The molecule has 274 valence electrons. The van der Waals surface area contributed by atoms with E-state index in [4.69, 9.17) is 0 Å². The number of hydrogen-bond donors (Lipinski definition) is 0. The lowest BCUT2D eigenvalue weighted by atomic mass is 9.89. The maximum Gasteiger partial charge on any atom is 0.147 e. The summed E-state index contributed by atoms with van der Waals surface area (Å²) in [5.74, 6) is 8.20. The molecule has 0 aliphatic rings. The summed E-state index contributed by atoms with van der Waals surface area (Å²) in [7, 11) is -4.12. The molecule has 0 aliphatic heterocycles. The van der Waals surface area contributed by atoms with Crippen LogP contribution in [0.1, 0.15) is 133 Å². The van der Waals surface area contributed by atoms with Gasteiger partial charge in [0.25, 0.3) is 0 Å². The van der Waals surface area contributed by atoms with Crippen molar-refractivity contribution in [1.82, 2.24) is 0 Å². The smallest absolute Gasteiger partial charge is 0.125 e. The lowest BCUT2D eigenvalue weighted by molar-refractivity contribution is 0.702. The number of benzene rings is 5. The molecule has 52 heavy (non-hydrogen) atoms. The quantitative estimate of drug-likeness (QED) is 0.0683. The van der Waals surface area contributed by atoms with Crippen molar-refractivity contribution in [2.75, 3.05) is 0 Å². The maximum absolute atomic E-state index is 4.29. The molecule has 5 aromatic rings. The second-order valence-corrected chi connectivity index (χ2v) is 26.6. The molecular formula is C50H66Si2. The SMILES string of the molecule is CC[C@@H](C)[Si](C#Cc1c2cc3ccccc3cc2c(C#C[Si]([C@H](C)CC)([C@@H](C)CC)[C@@H](C)CC)c2cc3ccccc3cc12)([C@H](C)CC)[C@@H](C)CC. The molecule has 2 heteroatoms. The minimum Gasteiger partial charge on any atom is -0.125 e. The Balaban J connectivity index is 2.02. The number of rotatable bonds is 12. The molecule has 0 spiro atoms. The van der Waals surface area contributed by atoms with Crippen LogP contribution < -0.4 is 0 Å². The largest absolute Gasteiger partial charge is 0.147 e. The van der Waals surface area contributed by atoms with Gasteiger partial charge in [0.1, 0.15) is 16.1 Å². The average Bonchev–Trinajstić information content (AvgIpc) is 3.18. The Morgan fingerprint density at radius 3 is 0.788 bits per heavy atom. The van der Waals surface area contributed by atoms with Gasteiger partial charge in [-0.15, -0.1) is 11.1 Å². The van der Waals surface area contributed by atoms with E-state index in [2.05, 4.69) is 179 Å². The fourth-order valence-electron chi connectivity index (χ4n) is 9.89. The minimum atomic E-state index is -2.06. The minimum absolute atomic E-state index is 0.633. The van der Waals surface area contributed by atoms with Crippen LogP contribution in [0.5, 0.6) is 0 Å². The third-order valence-corrected chi connectivity index (χ3v) is 27.6. The summed E-state index contributed by atoms with van der Waals surface area (Å²) in [6.07, 6.45) is 7.14. The Morgan fingerprint density at radius 1 is 0.385 bits per heavy atom. The predicted octanol–water partition coefficient (Wildman–Crippen LogP) is 15.8. The van der Waals surface area contributed by atoms with Crippen LogP contribution in [0.3, 0.4) is 0 Å². The summed E-state index contributed by atoms with van der Waals surface area (Å²) >= 11 is 0. The highest BCUT2D eigenvalue weighted by Gasteiger charge is 2.46. The van der Waals surface area contributed by atoms with E-state index in [9.17, 15) is 0 Å². The Bertz CT molecular complexity index is 1850. The fourth-order valence-corrected chi connectivity index (χ4v) is 21.9. The Labute approximate surface area is 319 Å². The zero-order chi connectivity index (χ0) is 37.8. The summed E-state index contributed by atoms with van der Waals surface area (Å²) in [4.78, 5) is 0. The van der Waals surface area contributed by atoms with E-state index in [0.717, 1.165) is 0 Å². The molecule has 6 atom stereocenters. The van der Waals surface area contributed by atoms with Crippen molar-refractivity contribution in [3.63, 3.8) is 0 Å². The summed E-state index contributed by atoms with van der Waals surface area (Å²) in [6.45, 7) is 29.4. The van der Waals surface area contributed by atoms with E-state index in [0.29, 0.717) is 33.2 Å². The maximum atomic E-state index is 4.29. The topological polar surface area (TPSA) is 0 Å². The highest BCUT2D eigenvalue weighted by Crippen LogP contribution is 2.48. The molecular weight excluding hydrogens is 657 g/mol. The monoisotopic (exact) mass is 722 g/mol. The Morgan fingerprint density at radius 2 is 0.596 bits per heavy atom. The van der Waals surface area contributed by atoms with Gasteiger partial charge in [0.2, 0.25) is 0 Å². The van der Waals surface area contributed by atoms with Crippen molar-refractivity contribution in [2.45, 2.75) is 155 Å². The van der Waals surface area contributed by atoms with Crippen LogP contribution >= 0.6 is 0 Å². The molecule has 5 aromatic carbocycles. The molecule has 0 aromatic heterocycles. The molecule has 5 rings (SSSR count). The first-order chi connectivity index (χ1) is 25.0. The number of hydrogen-bond acceptors (Lipinski definition) is 0. The van der Waals surface area contributed by atoms with Gasteiger partial charge < -0.3 is 0 Å². The summed E-state index contributed by atoms with van der Waals surface area (Å²) in [5.41, 5.74) is 14.8. The van der Waals surface area contributed by atoms with Crippen LogP contribution in [-0.4, -0.2) is 16.1 Å². The molecule has 0 heterocycles. The van der Waals surface area contributed by atoms with Crippen molar-refractivity contribution >= 4 is 59.2 Å². The van der Waals surface area contributed by atoms with Gasteiger partial charge in [0.15, 0.2) is 0 Å². The van der Waals surface area contributed by atoms with Gasteiger partial charge in [-0.05, 0) is 101 Å². The summed E-state index contributed by atoms with van der Waals surface area (Å²) in [6, 6.07) is 27.5. The van der Waals surface area contributed by atoms with Gasteiger partial charge >= 0.3 is 0 Å². The van der Waals surface area contributed by atoms with Crippen LogP contribution in [0.2, 0.25) is 33.2 Å². The summed E-state index contributed by atoms with van der Waals surface area (Å²) < 4.78 is 0. The molecule has 0 radical (unpaired) electrons. The molecule has 0 saturated carbocycles. The van der Waals surface area contributed by atoms with E-state index in [-0.39, 0.29) is 0 Å². The van der Waals surface area contributed by atoms with Crippen LogP contribution in [0.15, 0.2) is 72.8 Å². The second-order valence-electron chi connectivity index (χ2n) is 16.5. The van der Waals surface area contributed by atoms with Gasteiger partial charge in [0.05, 0.1) is 0 Å². The van der Waals surface area contributed by atoms with E-state index in [1.807, 2.05) is 0 Å². The lowest BCUT2D eigenvalue weighted by Crippen LogP contribution is -2.45. The normalized spacial score (nSPS) is 15.8. The van der Waals surface area contributed by atoms with Crippen molar-refractivity contribution in [3.8, 4) is 22.9 Å². The van der Waals surface area contributed by atoms with Crippen LogP contribution in [0.25, 0.3) is 43.1 Å². The lowest BCUT2D eigenvalue weighted by Gasteiger charge is -2.42. The first-order valence-electron chi connectivity index (χ1n) is 20.9. The Hall–Kier alpha value is -3.31. The van der Waals surface area contributed by atoms with Gasteiger partial charge in [0, 0.05) is 11.1 Å². The zero-order valence-electron chi connectivity index (χ0n) is 34.6.